The Kier molecular flexibility index (Phi) is 1.78. The van der Waals surface area contributed by atoms with Gasteiger partial charge in [0.25, 0.3) is 6.04 Å². The van der Waals surface area contributed by atoms with Gasteiger partial charge in [-0.3, -0.25) is 10.1 Å². The first-order chi connectivity index (χ1) is 5.04. The van der Waals surface area contributed by atoms with Crippen molar-refractivity contribution in [2.75, 3.05) is 0 Å². The van der Waals surface area contributed by atoms with Crippen LogP contribution in [0, 0.1) is 10.1 Å². The number of hydrogen-bond donors (Lipinski definition) is 1. The molecule has 4 heteroatoms. The molecule has 0 aromatic rings. The van der Waals surface area contributed by atoms with E-state index in [0.717, 1.165) is 0 Å². The normalized spacial score (nSPS) is 35.6. The molecule has 0 fully saturated rings. The van der Waals surface area contributed by atoms with Crippen LogP contribution in [-0.2, 0) is 0 Å². The summed E-state index contributed by atoms with van der Waals surface area (Å²) in [5.41, 5.74) is 4.79. The van der Waals surface area contributed by atoms with E-state index in [-0.39, 0.29) is 4.92 Å². The molecule has 0 bridgehead atoms. The molecule has 0 aromatic carbocycles. The summed E-state index contributed by atoms with van der Waals surface area (Å²) in [5.74, 6) is 0. The molecule has 0 radical (unpaired) electrons. The molecule has 2 N–H and O–H groups in total. The Morgan fingerprint density at radius 1 is 1.64 bits per heavy atom. The minimum Gasteiger partial charge on any atom is -0.316 e. The van der Waals surface area contributed by atoms with Gasteiger partial charge in [-0.15, -0.1) is 0 Å². The van der Waals surface area contributed by atoms with Crippen LogP contribution in [0.5, 0.6) is 0 Å². The van der Waals surface area contributed by atoms with E-state index in [4.69, 9.17) is 5.73 Å². The third-order valence-electron chi connectivity index (χ3n) is 1.72. The van der Waals surface area contributed by atoms with Gasteiger partial charge in [0, 0.05) is 4.92 Å². The van der Waals surface area contributed by atoms with Crippen LogP contribution in [0.2, 0.25) is 0 Å². The average molecular weight is 154 g/mol. The molecular weight excluding hydrogens is 144 g/mol. The number of allylic oxidation sites excluding steroid dienone is 2. The fourth-order valence-electron chi connectivity index (χ4n) is 1.04. The van der Waals surface area contributed by atoms with Gasteiger partial charge in [0.05, 0.1) is 0 Å². The SMILES string of the molecule is CC1(N)C=CC=CC1[N+](=O)[O-]. The zero-order valence-corrected chi connectivity index (χ0v) is 6.23. The van der Waals surface area contributed by atoms with E-state index in [1.54, 1.807) is 25.2 Å². The molecule has 1 aliphatic rings. The largest absolute Gasteiger partial charge is 0.316 e. The summed E-state index contributed by atoms with van der Waals surface area (Å²) in [6.07, 6.45) is 6.50. The van der Waals surface area contributed by atoms with Crippen molar-refractivity contribution in [2.24, 2.45) is 5.73 Å². The van der Waals surface area contributed by atoms with Crippen molar-refractivity contribution in [1.29, 1.82) is 0 Å². The average Bonchev–Trinajstić information content (AvgIpc) is 1.85. The quantitative estimate of drug-likeness (QED) is 0.441. The zero-order chi connectivity index (χ0) is 8.48. The molecule has 1 rings (SSSR count). The van der Waals surface area contributed by atoms with Crippen molar-refractivity contribution in [3.8, 4) is 0 Å². The summed E-state index contributed by atoms with van der Waals surface area (Å²) in [6.45, 7) is 1.64. The summed E-state index contributed by atoms with van der Waals surface area (Å²) in [4.78, 5) is 10.0. The van der Waals surface area contributed by atoms with Crippen molar-refractivity contribution in [1.82, 2.24) is 0 Å². The topological polar surface area (TPSA) is 69.2 Å². The third-order valence-corrected chi connectivity index (χ3v) is 1.72. The monoisotopic (exact) mass is 154 g/mol. The van der Waals surface area contributed by atoms with Gasteiger partial charge < -0.3 is 5.73 Å². The lowest BCUT2D eigenvalue weighted by Crippen LogP contribution is -2.50. The second-order valence-corrected chi connectivity index (χ2v) is 2.84. The Balaban J connectivity index is 2.89. The molecule has 0 aliphatic heterocycles. The van der Waals surface area contributed by atoms with Crippen LogP contribution in [0.15, 0.2) is 24.3 Å². The van der Waals surface area contributed by atoms with E-state index < -0.39 is 11.6 Å². The number of nitrogens with two attached hydrogens (primary N) is 1. The van der Waals surface area contributed by atoms with Gasteiger partial charge >= 0.3 is 0 Å². The molecule has 0 spiro atoms. The standard InChI is InChI=1S/C7H10N2O2/c1-7(8)5-3-2-4-6(7)9(10)11/h2-6H,8H2,1H3. The van der Waals surface area contributed by atoms with Crippen LogP contribution in [-0.4, -0.2) is 16.5 Å². The van der Waals surface area contributed by atoms with Gasteiger partial charge in [-0.25, -0.2) is 0 Å². The van der Waals surface area contributed by atoms with Gasteiger partial charge in [-0.2, -0.15) is 0 Å². The van der Waals surface area contributed by atoms with Crippen LogP contribution >= 0.6 is 0 Å². The summed E-state index contributed by atoms with van der Waals surface area (Å²) in [6, 6.07) is -0.799. The maximum Gasteiger partial charge on any atom is 0.252 e. The van der Waals surface area contributed by atoms with E-state index in [9.17, 15) is 10.1 Å². The van der Waals surface area contributed by atoms with Crippen LogP contribution in [0.1, 0.15) is 6.92 Å². The van der Waals surface area contributed by atoms with Gasteiger partial charge in [0.2, 0.25) is 0 Å². The molecule has 0 saturated carbocycles. The maximum atomic E-state index is 10.4. The second kappa shape index (κ2) is 2.47. The maximum absolute atomic E-state index is 10.4. The van der Waals surface area contributed by atoms with E-state index in [1.165, 1.54) is 6.08 Å². The first kappa shape index (κ1) is 7.94. The molecule has 60 valence electrons. The smallest absolute Gasteiger partial charge is 0.252 e. The zero-order valence-electron chi connectivity index (χ0n) is 6.23. The molecule has 0 saturated heterocycles. The molecule has 2 unspecified atom stereocenters. The molecule has 1 aliphatic carbocycles. The van der Waals surface area contributed by atoms with Crippen molar-refractivity contribution in [3.05, 3.63) is 34.4 Å². The van der Waals surface area contributed by atoms with E-state index in [0.29, 0.717) is 0 Å². The van der Waals surface area contributed by atoms with Gasteiger partial charge in [-0.05, 0) is 13.0 Å². The van der Waals surface area contributed by atoms with Crippen LogP contribution < -0.4 is 5.73 Å². The summed E-state index contributed by atoms with van der Waals surface area (Å²) >= 11 is 0. The number of hydrogen-bond acceptors (Lipinski definition) is 3. The first-order valence-electron chi connectivity index (χ1n) is 3.32. The van der Waals surface area contributed by atoms with Crippen LogP contribution in [0.25, 0.3) is 0 Å². The molecule has 4 nitrogen and oxygen atoms in total. The summed E-state index contributed by atoms with van der Waals surface area (Å²) in [7, 11) is 0. The second-order valence-electron chi connectivity index (χ2n) is 2.84. The highest BCUT2D eigenvalue weighted by molar-refractivity contribution is 5.23. The summed E-state index contributed by atoms with van der Waals surface area (Å²) in [5, 5.41) is 10.4. The molecule has 0 amide bonds. The van der Waals surface area contributed by atoms with Gasteiger partial charge in [-0.1, -0.05) is 18.2 Å². The van der Waals surface area contributed by atoms with Crippen molar-refractivity contribution in [2.45, 2.75) is 18.5 Å². The number of nitro groups is 1. The molecular formula is C7H10N2O2. The van der Waals surface area contributed by atoms with E-state index in [1.807, 2.05) is 0 Å². The van der Waals surface area contributed by atoms with Crippen molar-refractivity contribution in [3.63, 3.8) is 0 Å². The lowest BCUT2D eigenvalue weighted by Gasteiger charge is -2.23. The molecule has 11 heavy (non-hydrogen) atoms. The summed E-state index contributed by atoms with van der Waals surface area (Å²) < 4.78 is 0. The minimum absolute atomic E-state index is 0.375. The predicted molar refractivity (Wildman–Crippen MR) is 41.7 cm³/mol. The highest BCUT2D eigenvalue weighted by Gasteiger charge is 2.36. The van der Waals surface area contributed by atoms with Crippen LogP contribution in [0.3, 0.4) is 0 Å². The van der Waals surface area contributed by atoms with Gasteiger partial charge in [0.1, 0.15) is 5.54 Å². The van der Waals surface area contributed by atoms with Gasteiger partial charge in [0.15, 0.2) is 0 Å². The highest BCUT2D eigenvalue weighted by atomic mass is 16.6. The Bertz CT molecular complexity index is 231. The number of nitrogens with zero attached hydrogens (tertiary/aromatic N) is 1. The predicted octanol–water partition coefficient (Wildman–Crippen LogP) is 0.475. The van der Waals surface area contributed by atoms with Crippen LogP contribution in [0.4, 0.5) is 0 Å². The molecule has 2 atom stereocenters. The highest BCUT2D eigenvalue weighted by Crippen LogP contribution is 2.16. The van der Waals surface area contributed by atoms with E-state index >= 15 is 0 Å². The Morgan fingerprint density at radius 3 is 2.64 bits per heavy atom. The fraction of sp³-hybridized carbons (Fsp3) is 0.429. The molecule has 0 aromatic heterocycles. The first-order valence-corrected chi connectivity index (χ1v) is 3.32. The van der Waals surface area contributed by atoms with Crippen molar-refractivity contribution >= 4 is 0 Å². The Morgan fingerprint density at radius 2 is 2.27 bits per heavy atom. The lowest BCUT2D eigenvalue weighted by molar-refractivity contribution is -0.517. The van der Waals surface area contributed by atoms with Crippen molar-refractivity contribution < 1.29 is 4.92 Å². The fourth-order valence-corrected chi connectivity index (χ4v) is 1.04. The number of rotatable bonds is 1. The molecule has 0 heterocycles. The minimum atomic E-state index is -0.849. The lowest BCUT2D eigenvalue weighted by atomic mass is 9.90. The Hall–Kier alpha value is -1.16. The Labute approximate surface area is 64.5 Å². The van der Waals surface area contributed by atoms with E-state index in [2.05, 4.69) is 0 Å². The third kappa shape index (κ3) is 1.46.